The lowest BCUT2D eigenvalue weighted by Crippen LogP contribution is -2.08. The van der Waals surface area contributed by atoms with E-state index in [1.807, 2.05) is 0 Å². The Balaban J connectivity index is 2.18. The third-order valence-corrected chi connectivity index (χ3v) is 3.11. The van der Waals surface area contributed by atoms with Crippen LogP contribution in [0.5, 0.6) is 11.5 Å². The number of benzene rings is 2. The van der Waals surface area contributed by atoms with Crippen molar-refractivity contribution in [3.05, 3.63) is 58.3 Å². The second kappa shape index (κ2) is 5.46. The van der Waals surface area contributed by atoms with Crippen LogP contribution in [0.15, 0.2) is 46.9 Å². The molecular weight excluding hydrogens is 317 g/mol. The molecule has 18 heavy (non-hydrogen) atoms. The van der Waals surface area contributed by atoms with Crippen LogP contribution in [0.25, 0.3) is 0 Å². The van der Waals surface area contributed by atoms with Gasteiger partial charge in [0.05, 0.1) is 4.47 Å². The Kier molecular flexibility index (Phi) is 3.93. The van der Waals surface area contributed by atoms with E-state index in [0.717, 1.165) is 5.56 Å². The Morgan fingerprint density at radius 2 is 1.72 bits per heavy atom. The molecule has 0 atom stereocenters. The van der Waals surface area contributed by atoms with E-state index < -0.39 is 0 Å². The topological polar surface area (TPSA) is 35.2 Å². The first-order valence-electron chi connectivity index (χ1n) is 5.09. The van der Waals surface area contributed by atoms with Crippen molar-refractivity contribution in [3.63, 3.8) is 0 Å². The van der Waals surface area contributed by atoms with Gasteiger partial charge in [0.15, 0.2) is 0 Å². The Labute approximate surface area is 118 Å². The molecule has 0 aliphatic rings. The van der Waals surface area contributed by atoms with E-state index in [4.69, 9.17) is 22.7 Å². The quantitative estimate of drug-likeness (QED) is 0.866. The van der Waals surface area contributed by atoms with Crippen molar-refractivity contribution in [3.8, 4) is 11.5 Å². The van der Waals surface area contributed by atoms with E-state index in [-0.39, 0.29) is 5.82 Å². The summed E-state index contributed by atoms with van der Waals surface area (Å²) in [5.41, 5.74) is 6.27. The summed E-state index contributed by atoms with van der Waals surface area (Å²) in [5.74, 6) is 0.853. The molecule has 2 nitrogen and oxygen atoms in total. The number of ether oxygens (including phenoxy) is 1. The Morgan fingerprint density at radius 1 is 1.11 bits per heavy atom. The van der Waals surface area contributed by atoms with Crippen LogP contribution in [0.4, 0.5) is 4.39 Å². The molecule has 0 aromatic heterocycles. The minimum Gasteiger partial charge on any atom is -0.457 e. The monoisotopic (exact) mass is 325 g/mol. The Morgan fingerprint density at radius 3 is 2.28 bits per heavy atom. The van der Waals surface area contributed by atoms with Gasteiger partial charge >= 0.3 is 0 Å². The highest BCUT2D eigenvalue weighted by Gasteiger charge is 2.03. The minimum absolute atomic E-state index is 0.328. The van der Waals surface area contributed by atoms with Gasteiger partial charge in [-0.2, -0.15) is 0 Å². The number of nitrogens with two attached hydrogens (primary N) is 1. The molecule has 0 bridgehead atoms. The van der Waals surface area contributed by atoms with Crippen LogP contribution in [-0.4, -0.2) is 4.99 Å². The summed E-state index contributed by atoms with van der Waals surface area (Å²) < 4.78 is 19.0. The molecule has 0 unspecified atom stereocenters. The van der Waals surface area contributed by atoms with Gasteiger partial charge in [-0.1, -0.05) is 12.2 Å². The molecule has 2 aromatic carbocycles. The smallest absolute Gasteiger partial charge is 0.137 e. The van der Waals surface area contributed by atoms with E-state index in [2.05, 4.69) is 15.9 Å². The second-order valence-corrected chi connectivity index (χ2v) is 4.86. The minimum atomic E-state index is -0.328. The maximum atomic E-state index is 13.0. The van der Waals surface area contributed by atoms with E-state index in [1.165, 1.54) is 6.07 Å². The predicted octanol–water partition coefficient (Wildman–Crippen LogP) is 4.01. The molecule has 5 heteroatoms. The van der Waals surface area contributed by atoms with Crippen LogP contribution < -0.4 is 10.5 Å². The summed E-state index contributed by atoms with van der Waals surface area (Å²) in [6, 6.07) is 11.5. The van der Waals surface area contributed by atoms with Crippen molar-refractivity contribution in [2.45, 2.75) is 0 Å². The lowest BCUT2D eigenvalue weighted by molar-refractivity contribution is 0.480. The first-order chi connectivity index (χ1) is 8.56. The van der Waals surface area contributed by atoms with Crippen LogP contribution in [0.3, 0.4) is 0 Å². The van der Waals surface area contributed by atoms with E-state index in [1.54, 1.807) is 36.4 Å². The highest BCUT2D eigenvalue weighted by atomic mass is 79.9. The molecule has 0 fully saturated rings. The molecule has 0 aliphatic heterocycles. The van der Waals surface area contributed by atoms with Gasteiger partial charge < -0.3 is 10.5 Å². The maximum Gasteiger partial charge on any atom is 0.137 e. The fourth-order valence-corrected chi connectivity index (χ4v) is 1.86. The molecule has 92 valence electrons. The summed E-state index contributed by atoms with van der Waals surface area (Å²) in [6.07, 6.45) is 0. The predicted molar refractivity (Wildman–Crippen MR) is 76.5 cm³/mol. The van der Waals surface area contributed by atoms with Gasteiger partial charge in [0.2, 0.25) is 0 Å². The molecule has 0 radical (unpaired) electrons. The van der Waals surface area contributed by atoms with Gasteiger partial charge in [-0.25, -0.2) is 4.39 Å². The molecular formula is C13H9BrFNOS. The lowest BCUT2D eigenvalue weighted by Gasteiger charge is -2.07. The van der Waals surface area contributed by atoms with Gasteiger partial charge in [-0.05, 0) is 58.4 Å². The van der Waals surface area contributed by atoms with Crippen LogP contribution in [0.1, 0.15) is 5.56 Å². The van der Waals surface area contributed by atoms with Crippen LogP contribution in [-0.2, 0) is 0 Å². The third kappa shape index (κ3) is 3.05. The lowest BCUT2D eigenvalue weighted by atomic mass is 10.2. The standard InChI is InChI=1S/C13H9BrFNOS/c14-11-7-10(5-6-12(11)15)17-9-3-1-8(2-4-9)13(16)18/h1-7H,(H2,16,18). The van der Waals surface area contributed by atoms with Gasteiger partial charge in [0, 0.05) is 5.56 Å². The fourth-order valence-electron chi connectivity index (χ4n) is 1.36. The zero-order valence-corrected chi connectivity index (χ0v) is 11.6. The van der Waals surface area contributed by atoms with Crippen molar-refractivity contribution < 1.29 is 9.13 Å². The largest absolute Gasteiger partial charge is 0.457 e. The van der Waals surface area contributed by atoms with Gasteiger partial charge in [-0.3, -0.25) is 0 Å². The summed E-state index contributed by atoms with van der Waals surface area (Å²) in [6.45, 7) is 0. The molecule has 0 heterocycles. The van der Waals surface area contributed by atoms with Crippen molar-refractivity contribution in [1.82, 2.24) is 0 Å². The molecule has 0 aliphatic carbocycles. The maximum absolute atomic E-state index is 13.0. The molecule has 2 N–H and O–H groups in total. The molecule has 0 spiro atoms. The zero-order valence-electron chi connectivity index (χ0n) is 9.19. The summed E-state index contributed by atoms with van der Waals surface area (Å²) in [4.78, 5) is 0.339. The molecule has 0 amide bonds. The fraction of sp³-hybridized carbons (Fsp3) is 0. The van der Waals surface area contributed by atoms with E-state index in [0.29, 0.717) is 21.0 Å². The van der Waals surface area contributed by atoms with Gasteiger partial charge in [0.25, 0.3) is 0 Å². The Bertz CT molecular complexity index is 586. The summed E-state index contributed by atoms with van der Waals surface area (Å²) >= 11 is 7.96. The summed E-state index contributed by atoms with van der Waals surface area (Å²) in [5, 5.41) is 0. The third-order valence-electron chi connectivity index (χ3n) is 2.27. The van der Waals surface area contributed by atoms with Gasteiger partial charge in [-0.15, -0.1) is 0 Å². The van der Waals surface area contributed by atoms with Crippen molar-refractivity contribution in [2.24, 2.45) is 5.73 Å². The molecule has 2 aromatic rings. The first kappa shape index (κ1) is 13.0. The number of rotatable bonds is 3. The molecule has 0 saturated heterocycles. The SMILES string of the molecule is NC(=S)c1ccc(Oc2ccc(F)c(Br)c2)cc1. The van der Waals surface area contributed by atoms with Crippen molar-refractivity contribution >= 4 is 33.1 Å². The van der Waals surface area contributed by atoms with Crippen molar-refractivity contribution in [2.75, 3.05) is 0 Å². The number of halogens is 2. The number of hydrogen-bond donors (Lipinski definition) is 1. The second-order valence-electron chi connectivity index (χ2n) is 3.57. The molecule has 2 rings (SSSR count). The molecule has 0 saturated carbocycles. The average molecular weight is 326 g/mol. The summed E-state index contributed by atoms with van der Waals surface area (Å²) in [7, 11) is 0. The van der Waals surface area contributed by atoms with Crippen molar-refractivity contribution in [1.29, 1.82) is 0 Å². The zero-order chi connectivity index (χ0) is 13.1. The van der Waals surface area contributed by atoms with Crippen LogP contribution >= 0.6 is 28.1 Å². The van der Waals surface area contributed by atoms with Gasteiger partial charge in [0.1, 0.15) is 22.3 Å². The van der Waals surface area contributed by atoms with E-state index in [9.17, 15) is 4.39 Å². The number of hydrogen-bond acceptors (Lipinski definition) is 2. The normalized spacial score (nSPS) is 10.1. The first-order valence-corrected chi connectivity index (χ1v) is 6.29. The average Bonchev–Trinajstić information content (AvgIpc) is 2.34. The van der Waals surface area contributed by atoms with E-state index >= 15 is 0 Å². The number of thiocarbonyl (C=S) groups is 1. The van der Waals surface area contributed by atoms with Crippen LogP contribution in [0.2, 0.25) is 0 Å². The highest BCUT2D eigenvalue weighted by Crippen LogP contribution is 2.26. The highest BCUT2D eigenvalue weighted by molar-refractivity contribution is 9.10. The van der Waals surface area contributed by atoms with Crippen LogP contribution in [0, 0.1) is 5.82 Å². The Hall–Kier alpha value is -1.46.